The number of rotatable bonds is 7. The maximum absolute atomic E-state index is 11.8. The first-order valence-corrected chi connectivity index (χ1v) is 6.10. The molecule has 112 valence electrons. The molecule has 4 nitrogen and oxygen atoms in total. The third kappa shape index (κ3) is 7.63. The summed E-state index contributed by atoms with van der Waals surface area (Å²) in [5.41, 5.74) is 1.07. The molecular formula is C13H17F3N2O2. The Morgan fingerprint density at radius 3 is 2.75 bits per heavy atom. The van der Waals surface area contributed by atoms with Gasteiger partial charge in [-0.05, 0) is 24.6 Å². The second-order valence-electron chi connectivity index (χ2n) is 4.23. The number of ether oxygens (including phenoxy) is 1. The van der Waals surface area contributed by atoms with Crippen LogP contribution in [-0.4, -0.2) is 38.3 Å². The average molecular weight is 290 g/mol. The van der Waals surface area contributed by atoms with Gasteiger partial charge >= 0.3 is 6.18 Å². The van der Waals surface area contributed by atoms with E-state index in [0.29, 0.717) is 18.9 Å². The monoisotopic (exact) mass is 290 g/mol. The van der Waals surface area contributed by atoms with Gasteiger partial charge in [-0.2, -0.15) is 13.2 Å². The first kappa shape index (κ1) is 16.3. The Morgan fingerprint density at radius 1 is 1.35 bits per heavy atom. The molecule has 1 aromatic rings. The largest absolute Gasteiger partial charge is 0.492 e. The Labute approximate surface area is 115 Å². The summed E-state index contributed by atoms with van der Waals surface area (Å²) in [5, 5.41) is 4.47. The average Bonchev–Trinajstić information content (AvgIpc) is 2.35. The van der Waals surface area contributed by atoms with Crippen LogP contribution in [-0.2, 0) is 4.79 Å². The second kappa shape index (κ2) is 7.74. The number of carbonyl (C=O) groups excluding carboxylic acids is 1. The molecule has 0 saturated carbocycles. The van der Waals surface area contributed by atoms with E-state index in [1.165, 1.54) is 0 Å². The summed E-state index contributed by atoms with van der Waals surface area (Å²) in [6.07, 6.45) is -4.38. The highest BCUT2D eigenvalue weighted by Gasteiger charge is 2.27. The van der Waals surface area contributed by atoms with Gasteiger partial charge in [0.1, 0.15) is 18.9 Å². The van der Waals surface area contributed by atoms with Crippen LogP contribution >= 0.6 is 0 Å². The Balaban J connectivity index is 2.09. The Morgan fingerprint density at radius 2 is 2.10 bits per heavy atom. The third-order valence-corrected chi connectivity index (χ3v) is 2.31. The molecule has 7 heteroatoms. The zero-order chi connectivity index (χ0) is 15.0. The van der Waals surface area contributed by atoms with Crippen molar-refractivity contribution in [2.24, 2.45) is 0 Å². The number of nitrogens with one attached hydrogen (secondary N) is 2. The third-order valence-electron chi connectivity index (χ3n) is 2.31. The number of hydrogen-bond donors (Lipinski definition) is 2. The predicted octanol–water partition coefficient (Wildman–Crippen LogP) is 1.64. The fourth-order valence-corrected chi connectivity index (χ4v) is 1.41. The van der Waals surface area contributed by atoms with E-state index in [4.69, 9.17) is 4.74 Å². The van der Waals surface area contributed by atoms with E-state index < -0.39 is 18.6 Å². The van der Waals surface area contributed by atoms with Crippen LogP contribution in [0.4, 0.5) is 13.2 Å². The van der Waals surface area contributed by atoms with E-state index in [-0.39, 0.29) is 6.54 Å². The van der Waals surface area contributed by atoms with E-state index >= 15 is 0 Å². The molecule has 1 aromatic carbocycles. The van der Waals surface area contributed by atoms with Crippen LogP contribution in [0.25, 0.3) is 0 Å². The lowest BCUT2D eigenvalue weighted by molar-refractivity contribution is -0.137. The zero-order valence-corrected chi connectivity index (χ0v) is 11.1. The maximum Gasteiger partial charge on any atom is 0.405 e. The normalized spacial score (nSPS) is 11.2. The van der Waals surface area contributed by atoms with E-state index in [1.54, 1.807) is 5.32 Å². The molecule has 0 heterocycles. The highest BCUT2D eigenvalue weighted by Crippen LogP contribution is 2.12. The van der Waals surface area contributed by atoms with Crippen molar-refractivity contribution in [2.45, 2.75) is 13.1 Å². The molecule has 0 spiro atoms. The number of halogens is 3. The summed E-state index contributed by atoms with van der Waals surface area (Å²) in [6.45, 7) is 1.15. The summed E-state index contributed by atoms with van der Waals surface area (Å²) >= 11 is 0. The molecule has 0 unspecified atom stereocenters. The van der Waals surface area contributed by atoms with Crippen molar-refractivity contribution < 1.29 is 22.7 Å². The summed E-state index contributed by atoms with van der Waals surface area (Å²) in [7, 11) is 0. The van der Waals surface area contributed by atoms with Gasteiger partial charge in [-0.25, -0.2) is 0 Å². The molecule has 1 rings (SSSR count). The predicted molar refractivity (Wildman–Crippen MR) is 68.6 cm³/mol. The molecule has 0 aromatic heterocycles. The molecule has 0 aliphatic rings. The molecule has 0 radical (unpaired) electrons. The minimum absolute atomic E-state index is 0.173. The van der Waals surface area contributed by atoms with Crippen LogP contribution in [0.1, 0.15) is 5.56 Å². The molecule has 0 aliphatic carbocycles. The molecule has 0 fully saturated rings. The van der Waals surface area contributed by atoms with Crippen LogP contribution in [0.15, 0.2) is 24.3 Å². The standard InChI is InChI=1S/C13H17F3N2O2/c1-10-3-2-4-11(7-10)20-6-5-17-8-12(19)18-9-13(14,15)16/h2-4,7,17H,5-6,8-9H2,1H3,(H,18,19). The SMILES string of the molecule is Cc1cccc(OCCNCC(=O)NCC(F)(F)F)c1. The molecule has 1 amide bonds. The lowest BCUT2D eigenvalue weighted by Crippen LogP contribution is -2.40. The molecule has 2 N–H and O–H groups in total. The summed E-state index contributed by atoms with van der Waals surface area (Å²) in [4.78, 5) is 11.1. The van der Waals surface area contributed by atoms with Crippen molar-refractivity contribution in [1.82, 2.24) is 10.6 Å². The van der Waals surface area contributed by atoms with E-state index in [1.807, 2.05) is 31.2 Å². The first-order valence-electron chi connectivity index (χ1n) is 6.10. The Hall–Kier alpha value is -1.76. The van der Waals surface area contributed by atoms with Crippen molar-refractivity contribution >= 4 is 5.91 Å². The number of carbonyl (C=O) groups is 1. The summed E-state index contributed by atoms with van der Waals surface area (Å²) < 4.78 is 40.9. The van der Waals surface area contributed by atoms with Gasteiger partial charge in [-0.1, -0.05) is 12.1 Å². The number of alkyl halides is 3. The topological polar surface area (TPSA) is 50.4 Å². The lowest BCUT2D eigenvalue weighted by Gasteiger charge is -2.10. The zero-order valence-electron chi connectivity index (χ0n) is 11.1. The first-order chi connectivity index (χ1) is 9.37. The van der Waals surface area contributed by atoms with Crippen LogP contribution < -0.4 is 15.4 Å². The molecule has 0 aliphatic heterocycles. The second-order valence-corrected chi connectivity index (χ2v) is 4.23. The van der Waals surface area contributed by atoms with Gasteiger partial charge in [0.15, 0.2) is 0 Å². The Bertz CT molecular complexity index is 436. The smallest absolute Gasteiger partial charge is 0.405 e. The van der Waals surface area contributed by atoms with Crippen molar-refractivity contribution in [3.05, 3.63) is 29.8 Å². The fourth-order valence-electron chi connectivity index (χ4n) is 1.41. The van der Waals surface area contributed by atoms with Crippen LogP contribution in [0.5, 0.6) is 5.75 Å². The van der Waals surface area contributed by atoms with Gasteiger partial charge in [-0.15, -0.1) is 0 Å². The minimum atomic E-state index is -4.38. The van der Waals surface area contributed by atoms with Crippen molar-refractivity contribution in [2.75, 3.05) is 26.2 Å². The maximum atomic E-state index is 11.8. The molecule has 0 bridgehead atoms. The van der Waals surface area contributed by atoms with Crippen molar-refractivity contribution in [1.29, 1.82) is 0 Å². The van der Waals surface area contributed by atoms with Crippen molar-refractivity contribution in [3.8, 4) is 5.75 Å². The van der Waals surface area contributed by atoms with Gasteiger partial charge in [0.2, 0.25) is 5.91 Å². The molecule has 20 heavy (non-hydrogen) atoms. The number of amides is 1. The molecular weight excluding hydrogens is 273 g/mol. The number of benzene rings is 1. The number of aryl methyl sites for hydroxylation is 1. The quantitative estimate of drug-likeness (QED) is 0.751. The van der Waals surface area contributed by atoms with E-state index in [2.05, 4.69) is 5.32 Å². The molecule has 0 saturated heterocycles. The van der Waals surface area contributed by atoms with Crippen LogP contribution in [0.3, 0.4) is 0 Å². The Kier molecular flexibility index (Phi) is 6.30. The minimum Gasteiger partial charge on any atom is -0.492 e. The van der Waals surface area contributed by atoms with Crippen molar-refractivity contribution in [3.63, 3.8) is 0 Å². The van der Waals surface area contributed by atoms with E-state index in [9.17, 15) is 18.0 Å². The van der Waals surface area contributed by atoms with Gasteiger partial charge < -0.3 is 15.4 Å². The van der Waals surface area contributed by atoms with Gasteiger partial charge in [0, 0.05) is 6.54 Å². The summed E-state index contributed by atoms with van der Waals surface area (Å²) in [5.74, 6) is 0.0196. The van der Waals surface area contributed by atoms with Gasteiger partial charge in [0.25, 0.3) is 0 Å². The lowest BCUT2D eigenvalue weighted by atomic mass is 10.2. The highest BCUT2D eigenvalue weighted by atomic mass is 19.4. The highest BCUT2D eigenvalue weighted by molar-refractivity contribution is 5.77. The van der Waals surface area contributed by atoms with Gasteiger partial charge in [-0.3, -0.25) is 4.79 Å². The summed E-state index contributed by atoms with van der Waals surface area (Å²) in [6, 6.07) is 7.48. The van der Waals surface area contributed by atoms with Gasteiger partial charge in [0.05, 0.1) is 6.54 Å². The van der Waals surface area contributed by atoms with Crippen LogP contribution in [0.2, 0.25) is 0 Å². The molecule has 0 atom stereocenters. The van der Waals surface area contributed by atoms with E-state index in [0.717, 1.165) is 5.56 Å². The van der Waals surface area contributed by atoms with Crippen LogP contribution in [0, 0.1) is 6.92 Å². The number of hydrogen-bond acceptors (Lipinski definition) is 3. The fraction of sp³-hybridized carbons (Fsp3) is 0.462.